The topological polar surface area (TPSA) is 92.9 Å². The van der Waals surface area contributed by atoms with Crippen LogP contribution in [0.15, 0.2) is 48.7 Å². The first kappa shape index (κ1) is 18.4. The summed E-state index contributed by atoms with van der Waals surface area (Å²) in [6.07, 6.45) is 3.85. The van der Waals surface area contributed by atoms with Crippen molar-refractivity contribution in [1.29, 1.82) is 0 Å². The van der Waals surface area contributed by atoms with Crippen molar-refractivity contribution in [2.45, 2.75) is 19.3 Å². The van der Waals surface area contributed by atoms with E-state index in [1.54, 1.807) is 18.3 Å². The Morgan fingerprint density at radius 2 is 2.00 bits per heavy atom. The molecule has 0 spiro atoms. The molecule has 0 saturated heterocycles. The zero-order chi connectivity index (χ0) is 19.5. The summed E-state index contributed by atoms with van der Waals surface area (Å²) in [7, 11) is 0. The van der Waals surface area contributed by atoms with Gasteiger partial charge in [-0.1, -0.05) is 23.7 Å². The van der Waals surface area contributed by atoms with Gasteiger partial charge in [0.2, 0.25) is 11.9 Å². The van der Waals surface area contributed by atoms with Crippen LogP contribution in [0.1, 0.15) is 17.5 Å². The van der Waals surface area contributed by atoms with E-state index >= 15 is 0 Å². The average molecular weight is 394 g/mol. The molecular formula is C21H20ClN5O. The van der Waals surface area contributed by atoms with E-state index in [0.717, 1.165) is 35.3 Å². The number of rotatable bonds is 5. The first-order valence-electron chi connectivity index (χ1n) is 9.14. The third kappa shape index (κ3) is 3.98. The van der Waals surface area contributed by atoms with E-state index in [2.05, 4.69) is 32.7 Å². The average Bonchev–Trinajstić information content (AvgIpc) is 2.82. The van der Waals surface area contributed by atoms with Crippen LogP contribution < -0.4 is 16.4 Å². The molecule has 4 N–H and O–H groups in total. The molecule has 1 amide bonds. The molecule has 0 atom stereocenters. The van der Waals surface area contributed by atoms with Gasteiger partial charge in [0.05, 0.1) is 17.8 Å². The van der Waals surface area contributed by atoms with Crippen LogP contribution in [0.25, 0.3) is 11.3 Å². The van der Waals surface area contributed by atoms with Crippen LogP contribution in [0.5, 0.6) is 0 Å². The molecule has 3 aromatic rings. The molecule has 28 heavy (non-hydrogen) atoms. The van der Waals surface area contributed by atoms with E-state index in [-0.39, 0.29) is 12.3 Å². The minimum Gasteiger partial charge on any atom is -0.330 e. The first-order valence-corrected chi connectivity index (χ1v) is 9.52. The van der Waals surface area contributed by atoms with Gasteiger partial charge in [0.1, 0.15) is 0 Å². The SMILES string of the molecule is NCCCc1ccc(Nc2ncc3c(n2)-c2ccc(Cl)cc2NC(=O)C3)cc1. The number of nitrogens with one attached hydrogen (secondary N) is 2. The molecule has 4 rings (SSSR count). The predicted molar refractivity (Wildman–Crippen MR) is 112 cm³/mol. The van der Waals surface area contributed by atoms with Gasteiger partial charge >= 0.3 is 0 Å². The maximum atomic E-state index is 12.2. The highest BCUT2D eigenvalue weighted by atomic mass is 35.5. The molecule has 7 heteroatoms. The molecule has 0 aliphatic carbocycles. The fourth-order valence-corrected chi connectivity index (χ4v) is 3.39. The highest BCUT2D eigenvalue weighted by Gasteiger charge is 2.21. The van der Waals surface area contributed by atoms with Crippen molar-refractivity contribution in [2.24, 2.45) is 5.73 Å². The fourth-order valence-electron chi connectivity index (χ4n) is 3.21. The van der Waals surface area contributed by atoms with Crippen molar-refractivity contribution in [3.05, 3.63) is 64.8 Å². The van der Waals surface area contributed by atoms with E-state index in [4.69, 9.17) is 17.3 Å². The number of anilines is 3. The van der Waals surface area contributed by atoms with E-state index in [1.165, 1.54) is 5.56 Å². The number of aryl methyl sites for hydroxylation is 1. The Hall–Kier alpha value is -2.96. The molecule has 1 aliphatic heterocycles. The quantitative estimate of drug-likeness (QED) is 0.610. The smallest absolute Gasteiger partial charge is 0.228 e. The maximum Gasteiger partial charge on any atom is 0.228 e. The second-order valence-electron chi connectivity index (χ2n) is 6.70. The number of halogens is 1. The highest BCUT2D eigenvalue weighted by molar-refractivity contribution is 6.31. The van der Waals surface area contributed by atoms with Crippen molar-refractivity contribution < 1.29 is 4.79 Å². The molecule has 0 radical (unpaired) electrons. The number of hydrogen-bond donors (Lipinski definition) is 3. The van der Waals surface area contributed by atoms with Gasteiger partial charge in [-0.2, -0.15) is 0 Å². The minimum absolute atomic E-state index is 0.111. The van der Waals surface area contributed by atoms with Crippen LogP contribution in [-0.2, 0) is 17.6 Å². The molecule has 0 saturated carbocycles. The number of carbonyl (C=O) groups is 1. The Morgan fingerprint density at radius 3 is 2.79 bits per heavy atom. The van der Waals surface area contributed by atoms with Crippen LogP contribution in [-0.4, -0.2) is 22.4 Å². The van der Waals surface area contributed by atoms with E-state index in [1.807, 2.05) is 18.2 Å². The lowest BCUT2D eigenvalue weighted by molar-refractivity contribution is -0.115. The van der Waals surface area contributed by atoms with Gasteiger partial charge in [0.25, 0.3) is 0 Å². The lowest BCUT2D eigenvalue weighted by Gasteiger charge is -2.11. The van der Waals surface area contributed by atoms with Crippen LogP contribution in [0.3, 0.4) is 0 Å². The molecule has 0 unspecified atom stereocenters. The summed E-state index contributed by atoms with van der Waals surface area (Å²) in [5.41, 5.74) is 10.7. The first-order chi connectivity index (χ1) is 13.6. The second-order valence-corrected chi connectivity index (χ2v) is 7.13. The molecule has 0 fully saturated rings. The number of nitrogens with two attached hydrogens (primary N) is 1. The van der Waals surface area contributed by atoms with E-state index < -0.39 is 0 Å². The van der Waals surface area contributed by atoms with Gasteiger partial charge in [0, 0.05) is 28.0 Å². The van der Waals surface area contributed by atoms with Gasteiger partial charge in [0.15, 0.2) is 0 Å². The van der Waals surface area contributed by atoms with Crippen molar-refractivity contribution in [3.8, 4) is 11.3 Å². The van der Waals surface area contributed by atoms with Crippen molar-refractivity contribution in [2.75, 3.05) is 17.2 Å². The van der Waals surface area contributed by atoms with Gasteiger partial charge in [-0.15, -0.1) is 0 Å². The molecule has 6 nitrogen and oxygen atoms in total. The third-order valence-electron chi connectivity index (χ3n) is 4.61. The summed E-state index contributed by atoms with van der Waals surface area (Å²) in [5.74, 6) is 0.364. The standard InChI is InChI=1S/C21H20ClN5O/c22-15-5-8-17-18(11-15)26-19(28)10-14-12-24-21(27-20(14)17)25-16-6-3-13(4-7-16)2-1-9-23/h3-8,11-12H,1-2,9-10,23H2,(H,26,28)(H,24,25,27). The van der Waals surface area contributed by atoms with Crippen molar-refractivity contribution >= 4 is 34.8 Å². The third-order valence-corrected chi connectivity index (χ3v) is 4.84. The fraction of sp³-hybridized carbons (Fsp3) is 0.190. The minimum atomic E-state index is -0.111. The highest BCUT2D eigenvalue weighted by Crippen LogP contribution is 2.34. The summed E-state index contributed by atoms with van der Waals surface area (Å²) in [6, 6.07) is 13.5. The van der Waals surface area contributed by atoms with Crippen LogP contribution >= 0.6 is 11.6 Å². The summed E-state index contributed by atoms with van der Waals surface area (Å²) in [5, 5.41) is 6.67. The molecule has 142 valence electrons. The lowest BCUT2D eigenvalue weighted by Crippen LogP contribution is -2.12. The molecule has 1 aromatic heterocycles. The van der Waals surface area contributed by atoms with Crippen molar-refractivity contribution in [1.82, 2.24) is 9.97 Å². The summed E-state index contributed by atoms with van der Waals surface area (Å²) >= 11 is 6.08. The Morgan fingerprint density at radius 1 is 1.18 bits per heavy atom. The van der Waals surface area contributed by atoms with Gasteiger partial charge in [-0.25, -0.2) is 9.97 Å². The normalized spacial score (nSPS) is 12.6. The molecule has 1 aliphatic rings. The zero-order valence-electron chi connectivity index (χ0n) is 15.2. The largest absolute Gasteiger partial charge is 0.330 e. The Bertz CT molecular complexity index is 1020. The number of aromatic nitrogens is 2. The maximum absolute atomic E-state index is 12.2. The molecule has 2 aromatic carbocycles. The molecule has 2 heterocycles. The Labute approximate surface area is 168 Å². The number of benzene rings is 2. The van der Waals surface area contributed by atoms with Gasteiger partial charge in [-0.3, -0.25) is 4.79 Å². The lowest BCUT2D eigenvalue weighted by atomic mass is 10.1. The monoisotopic (exact) mass is 393 g/mol. The van der Waals surface area contributed by atoms with Gasteiger partial charge in [-0.05, 0) is 55.3 Å². The van der Waals surface area contributed by atoms with Crippen LogP contribution in [0.4, 0.5) is 17.3 Å². The zero-order valence-corrected chi connectivity index (χ0v) is 16.0. The second kappa shape index (κ2) is 7.96. The summed E-state index contributed by atoms with van der Waals surface area (Å²) in [4.78, 5) is 21.2. The molecular weight excluding hydrogens is 374 g/mol. The van der Waals surface area contributed by atoms with Gasteiger partial charge < -0.3 is 16.4 Å². The Balaban J connectivity index is 1.63. The van der Waals surface area contributed by atoms with Crippen LogP contribution in [0.2, 0.25) is 5.02 Å². The van der Waals surface area contributed by atoms with Crippen molar-refractivity contribution in [3.63, 3.8) is 0 Å². The van der Waals surface area contributed by atoms with E-state index in [9.17, 15) is 4.79 Å². The number of carbonyl (C=O) groups excluding carboxylic acids is 1. The number of nitrogens with zero attached hydrogens (tertiary/aromatic N) is 2. The summed E-state index contributed by atoms with van der Waals surface area (Å²) < 4.78 is 0. The predicted octanol–water partition coefficient (Wildman–Crippen LogP) is 3.93. The number of fused-ring (bicyclic) bond motifs is 3. The summed E-state index contributed by atoms with van der Waals surface area (Å²) in [6.45, 7) is 0.688. The number of amides is 1. The Kier molecular flexibility index (Phi) is 5.23. The van der Waals surface area contributed by atoms with E-state index in [0.29, 0.717) is 23.2 Å². The number of hydrogen-bond acceptors (Lipinski definition) is 5. The van der Waals surface area contributed by atoms with Crippen LogP contribution in [0, 0.1) is 0 Å². The molecule has 0 bridgehead atoms.